The third kappa shape index (κ3) is 4.58. The molecule has 3 rings (SSSR count). The molecule has 2 N–H and O–H groups in total. The fourth-order valence-corrected chi connectivity index (χ4v) is 2.76. The molecule has 5 nitrogen and oxygen atoms in total. The van der Waals surface area contributed by atoms with Gasteiger partial charge in [0.05, 0.1) is 5.56 Å². The molecule has 0 aromatic heterocycles. The summed E-state index contributed by atoms with van der Waals surface area (Å²) in [5.41, 5.74) is 2.27. The lowest BCUT2D eigenvalue weighted by molar-refractivity contribution is 0.0693. The predicted octanol–water partition coefficient (Wildman–Crippen LogP) is 4.56. The zero-order valence-corrected chi connectivity index (χ0v) is 14.9. The normalized spacial score (nSPS) is 10.4. The summed E-state index contributed by atoms with van der Waals surface area (Å²) in [6.07, 6.45) is 0. The van der Waals surface area contributed by atoms with Crippen molar-refractivity contribution in [3.63, 3.8) is 0 Å². The van der Waals surface area contributed by atoms with Crippen LogP contribution in [0.2, 0.25) is 0 Å². The first-order valence-corrected chi connectivity index (χ1v) is 8.49. The van der Waals surface area contributed by atoms with Crippen LogP contribution in [0.25, 0.3) is 0 Å². The van der Waals surface area contributed by atoms with Crippen molar-refractivity contribution in [2.45, 2.75) is 20.1 Å². The van der Waals surface area contributed by atoms with Crippen molar-refractivity contribution in [1.82, 2.24) is 0 Å². The summed E-state index contributed by atoms with van der Waals surface area (Å²) >= 11 is 0. The van der Waals surface area contributed by atoms with E-state index in [1.54, 1.807) is 61.5 Å². The number of aromatic hydroxyl groups is 1. The van der Waals surface area contributed by atoms with Gasteiger partial charge in [-0.1, -0.05) is 42.5 Å². The van der Waals surface area contributed by atoms with Crippen LogP contribution in [-0.4, -0.2) is 16.2 Å². The highest BCUT2D eigenvalue weighted by Crippen LogP contribution is 2.24. The number of hydrogen-bond donors (Lipinski definition) is 2. The van der Waals surface area contributed by atoms with Gasteiger partial charge in [0.25, 0.3) is 0 Å². The summed E-state index contributed by atoms with van der Waals surface area (Å²) < 4.78 is 11.5. The minimum Gasteiger partial charge on any atom is -0.508 e. The molecule has 0 radical (unpaired) electrons. The van der Waals surface area contributed by atoms with Crippen LogP contribution in [-0.2, 0) is 13.2 Å². The molecule has 0 heterocycles. The van der Waals surface area contributed by atoms with Crippen LogP contribution < -0.4 is 9.47 Å². The summed E-state index contributed by atoms with van der Waals surface area (Å²) in [4.78, 5) is 11.5. The molecule has 5 heteroatoms. The zero-order valence-electron chi connectivity index (χ0n) is 14.9. The Balaban J connectivity index is 1.67. The van der Waals surface area contributed by atoms with Gasteiger partial charge in [-0.25, -0.2) is 4.79 Å². The Kier molecular flexibility index (Phi) is 5.61. The molecule has 0 saturated carbocycles. The van der Waals surface area contributed by atoms with Crippen LogP contribution in [0.3, 0.4) is 0 Å². The van der Waals surface area contributed by atoms with Gasteiger partial charge in [-0.05, 0) is 30.7 Å². The molecule has 0 amide bonds. The van der Waals surface area contributed by atoms with Crippen molar-refractivity contribution >= 4 is 5.97 Å². The Bertz CT molecular complexity index is 949. The van der Waals surface area contributed by atoms with E-state index in [0.717, 1.165) is 0 Å². The fraction of sp³-hybridized carbons (Fsp3) is 0.136. The number of phenols is 1. The van der Waals surface area contributed by atoms with E-state index < -0.39 is 5.97 Å². The summed E-state index contributed by atoms with van der Waals surface area (Å²) in [6, 6.07) is 19.4. The van der Waals surface area contributed by atoms with E-state index >= 15 is 0 Å². The quantitative estimate of drug-likeness (QED) is 0.643. The van der Waals surface area contributed by atoms with Gasteiger partial charge in [0, 0.05) is 17.2 Å². The Morgan fingerprint density at radius 1 is 0.852 bits per heavy atom. The van der Waals surface area contributed by atoms with Gasteiger partial charge in [0.15, 0.2) is 0 Å². The van der Waals surface area contributed by atoms with E-state index in [1.807, 2.05) is 12.1 Å². The number of para-hydroxylation sites is 1. The third-order valence-corrected chi connectivity index (χ3v) is 4.16. The summed E-state index contributed by atoms with van der Waals surface area (Å²) in [7, 11) is 0. The van der Waals surface area contributed by atoms with Crippen LogP contribution in [0.5, 0.6) is 17.2 Å². The first-order valence-electron chi connectivity index (χ1n) is 8.49. The zero-order chi connectivity index (χ0) is 19.2. The van der Waals surface area contributed by atoms with Crippen molar-refractivity contribution < 1.29 is 24.5 Å². The Labute approximate surface area is 157 Å². The number of benzene rings is 3. The first kappa shape index (κ1) is 18.3. The van der Waals surface area contributed by atoms with E-state index in [1.165, 1.54) is 0 Å². The fourth-order valence-electron chi connectivity index (χ4n) is 2.76. The Morgan fingerprint density at radius 3 is 2.11 bits per heavy atom. The van der Waals surface area contributed by atoms with E-state index in [-0.39, 0.29) is 24.5 Å². The molecule has 0 bridgehead atoms. The number of rotatable bonds is 7. The number of phenolic OH excluding ortho intramolecular Hbond substituents is 1. The van der Waals surface area contributed by atoms with Crippen LogP contribution in [0.15, 0.2) is 66.7 Å². The molecular weight excluding hydrogens is 344 g/mol. The van der Waals surface area contributed by atoms with Gasteiger partial charge in [0.2, 0.25) is 0 Å². The number of aryl methyl sites for hydroxylation is 1. The molecule has 0 aliphatic rings. The second-order valence-corrected chi connectivity index (χ2v) is 6.10. The Hall–Kier alpha value is -3.47. The monoisotopic (exact) mass is 364 g/mol. The van der Waals surface area contributed by atoms with Gasteiger partial charge in [-0.15, -0.1) is 0 Å². The Morgan fingerprint density at radius 2 is 1.44 bits per heavy atom. The number of hydrogen-bond acceptors (Lipinski definition) is 4. The van der Waals surface area contributed by atoms with Crippen molar-refractivity contribution in [2.75, 3.05) is 0 Å². The molecule has 138 valence electrons. The largest absolute Gasteiger partial charge is 0.508 e. The number of ether oxygens (including phenoxy) is 2. The maximum atomic E-state index is 11.5. The van der Waals surface area contributed by atoms with Crippen LogP contribution in [0.1, 0.15) is 27.0 Å². The van der Waals surface area contributed by atoms with Crippen molar-refractivity contribution in [2.24, 2.45) is 0 Å². The molecule has 27 heavy (non-hydrogen) atoms. The molecule has 0 spiro atoms. The second-order valence-electron chi connectivity index (χ2n) is 6.10. The van der Waals surface area contributed by atoms with Gasteiger partial charge < -0.3 is 19.7 Å². The van der Waals surface area contributed by atoms with E-state index in [4.69, 9.17) is 9.47 Å². The summed E-state index contributed by atoms with van der Waals surface area (Å²) in [6.45, 7) is 2.14. The summed E-state index contributed by atoms with van der Waals surface area (Å²) in [5.74, 6) is 0.387. The van der Waals surface area contributed by atoms with Crippen molar-refractivity contribution in [3.8, 4) is 17.2 Å². The highest BCUT2D eigenvalue weighted by Gasteiger charge is 2.13. The lowest BCUT2D eigenvalue weighted by Crippen LogP contribution is -2.07. The molecular formula is C22H20O5. The van der Waals surface area contributed by atoms with E-state index in [9.17, 15) is 15.0 Å². The van der Waals surface area contributed by atoms with Crippen molar-refractivity contribution in [1.29, 1.82) is 0 Å². The topological polar surface area (TPSA) is 76.0 Å². The molecule has 3 aromatic rings. The van der Waals surface area contributed by atoms with Gasteiger partial charge in [-0.2, -0.15) is 0 Å². The molecule has 3 aromatic carbocycles. The average molecular weight is 364 g/mol. The first-order chi connectivity index (χ1) is 13.0. The molecule has 0 aliphatic carbocycles. The highest BCUT2D eigenvalue weighted by atomic mass is 16.5. The van der Waals surface area contributed by atoms with Gasteiger partial charge in [-0.3, -0.25) is 0 Å². The van der Waals surface area contributed by atoms with Crippen LogP contribution in [0.4, 0.5) is 0 Å². The van der Waals surface area contributed by atoms with Crippen LogP contribution in [0, 0.1) is 6.92 Å². The highest BCUT2D eigenvalue weighted by molar-refractivity contribution is 5.91. The number of carbonyl (C=O) groups is 1. The van der Waals surface area contributed by atoms with Gasteiger partial charge in [0.1, 0.15) is 30.5 Å². The summed E-state index contributed by atoms with van der Waals surface area (Å²) in [5, 5.41) is 19.2. The number of aromatic carboxylic acids is 1. The third-order valence-electron chi connectivity index (χ3n) is 4.16. The standard InChI is InChI=1S/C22H20O5/c1-15-6-4-8-17(21(15)22(24)25)14-27-19-10-5-9-18(12-19)26-13-16-7-2-3-11-20(16)23/h2-12,23H,13-14H2,1H3,(H,24,25). The maximum Gasteiger partial charge on any atom is 0.336 e. The average Bonchev–Trinajstić information content (AvgIpc) is 2.66. The second kappa shape index (κ2) is 8.27. The lowest BCUT2D eigenvalue weighted by atomic mass is 10.0. The molecule has 0 unspecified atom stereocenters. The molecule has 0 fully saturated rings. The maximum absolute atomic E-state index is 11.5. The minimum atomic E-state index is -0.966. The number of carboxylic acid groups (broad SMARTS) is 1. The lowest BCUT2D eigenvalue weighted by Gasteiger charge is -2.12. The van der Waals surface area contributed by atoms with E-state index in [2.05, 4.69) is 0 Å². The SMILES string of the molecule is Cc1cccc(COc2cccc(OCc3ccccc3O)c2)c1C(=O)O. The van der Waals surface area contributed by atoms with Crippen LogP contribution >= 0.6 is 0 Å². The molecule has 0 atom stereocenters. The van der Waals surface area contributed by atoms with E-state index in [0.29, 0.717) is 28.2 Å². The number of carboxylic acids is 1. The van der Waals surface area contributed by atoms with Crippen molar-refractivity contribution in [3.05, 3.63) is 89.0 Å². The molecule has 0 aliphatic heterocycles. The predicted molar refractivity (Wildman–Crippen MR) is 101 cm³/mol. The van der Waals surface area contributed by atoms with Gasteiger partial charge >= 0.3 is 5.97 Å². The molecule has 0 saturated heterocycles. The smallest absolute Gasteiger partial charge is 0.336 e. The minimum absolute atomic E-state index is 0.145.